The Labute approximate surface area is 331 Å². The molecule has 58 heavy (non-hydrogen) atoms. The van der Waals surface area contributed by atoms with E-state index in [4.69, 9.17) is 37.6 Å². The average Bonchev–Trinajstić information content (AvgIpc) is 3.20. The topological polar surface area (TPSA) is 297 Å². The summed E-state index contributed by atoms with van der Waals surface area (Å²) in [5.74, 6) is -1.22. The van der Waals surface area contributed by atoms with Gasteiger partial charge in [0.25, 0.3) is 0 Å². The number of allylic oxidation sites excluding steroid dienone is 2. The van der Waals surface area contributed by atoms with Crippen molar-refractivity contribution >= 4 is 11.0 Å². The largest absolute Gasteiger partial charge is 0.507 e. The summed E-state index contributed by atoms with van der Waals surface area (Å²) in [5, 5.41) is 106. The van der Waals surface area contributed by atoms with Crippen LogP contribution in [0.4, 0.5) is 0 Å². The van der Waals surface area contributed by atoms with Crippen LogP contribution in [0.15, 0.2) is 51.2 Å². The summed E-state index contributed by atoms with van der Waals surface area (Å²) in [6.45, 7) is 5.71. The number of aromatic hydroxyl groups is 1. The lowest BCUT2D eigenvalue weighted by Gasteiger charge is -2.45. The number of phenolic OH excluding ortho intramolecular Hbond substituents is 1. The van der Waals surface area contributed by atoms with Gasteiger partial charge in [-0.05, 0) is 58.4 Å². The molecule has 0 spiro atoms. The van der Waals surface area contributed by atoms with Gasteiger partial charge in [-0.3, -0.25) is 4.79 Å². The van der Waals surface area contributed by atoms with Crippen molar-refractivity contribution in [2.45, 2.75) is 126 Å². The van der Waals surface area contributed by atoms with Gasteiger partial charge in [0.05, 0.1) is 25.9 Å². The maximum Gasteiger partial charge on any atom is 0.239 e. The van der Waals surface area contributed by atoms with Gasteiger partial charge in [0.2, 0.25) is 23.8 Å². The van der Waals surface area contributed by atoms with E-state index >= 15 is 0 Å². The fourth-order valence-electron chi connectivity index (χ4n) is 6.93. The number of hydrogen-bond donors (Lipinski definition) is 10. The normalized spacial score (nSPS) is 35.4. The van der Waals surface area contributed by atoms with Crippen molar-refractivity contribution in [3.05, 3.63) is 57.8 Å². The Balaban J connectivity index is 1.50. The van der Waals surface area contributed by atoms with Crippen LogP contribution < -0.4 is 19.6 Å². The lowest BCUT2D eigenvalue weighted by molar-refractivity contribution is -0.352. The number of phenols is 1. The zero-order valence-electron chi connectivity index (χ0n) is 32.2. The summed E-state index contributed by atoms with van der Waals surface area (Å²) in [5.41, 5.74) is 0.0592. The van der Waals surface area contributed by atoms with Crippen molar-refractivity contribution < 1.29 is 88.6 Å². The van der Waals surface area contributed by atoms with Crippen molar-refractivity contribution in [2.24, 2.45) is 0 Å². The number of benzene rings is 2. The van der Waals surface area contributed by atoms with E-state index in [-0.39, 0.29) is 34.6 Å². The van der Waals surface area contributed by atoms with Crippen LogP contribution in [0.2, 0.25) is 0 Å². The number of aliphatic hydroxyl groups is 9. The molecule has 1 aromatic heterocycles. The molecule has 5 unspecified atom stereocenters. The lowest BCUT2D eigenvalue weighted by Crippen LogP contribution is -2.63. The van der Waals surface area contributed by atoms with Crippen LogP contribution in [0.3, 0.4) is 0 Å². The fourth-order valence-corrected chi connectivity index (χ4v) is 6.93. The fraction of sp³-hybridized carbons (Fsp3) is 0.564. The van der Waals surface area contributed by atoms with Crippen LogP contribution >= 0.6 is 0 Å². The first-order valence-corrected chi connectivity index (χ1v) is 18.6. The number of rotatable bonds is 11. The summed E-state index contributed by atoms with van der Waals surface area (Å²) in [7, 11) is 1.45. The molecule has 3 fully saturated rings. The van der Waals surface area contributed by atoms with E-state index in [9.17, 15) is 55.9 Å². The molecule has 19 heteroatoms. The Hall–Kier alpha value is -3.93. The van der Waals surface area contributed by atoms with Crippen LogP contribution in [0, 0.1) is 0 Å². The smallest absolute Gasteiger partial charge is 0.239 e. The predicted octanol–water partition coefficient (Wildman–Crippen LogP) is -1.08. The molecular formula is C39H50O19. The second kappa shape index (κ2) is 17.7. The highest BCUT2D eigenvalue weighted by Gasteiger charge is 2.51. The molecule has 3 saturated heterocycles. The number of ether oxygens (including phenoxy) is 7. The summed E-state index contributed by atoms with van der Waals surface area (Å²) >= 11 is 0. The van der Waals surface area contributed by atoms with Crippen molar-refractivity contribution in [3.8, 4) is 34.3 Å². The molecule has 19 nitrogen and oxygen atoms in total. The molecule has 0 aliphatic carbocycles. The molecule has 6 rings (SSSR count). The van der Waals surface area contributed by atoms with Gasteiger partial charge in [0, 0.05) is 17.2 Å². The third kappa shape index (κ3) is 8.41. The Morgan fingerprint density at radius 2 is 1.36 bits per heavy atom. The standard InChI is InChI=1S/C39H50O19/c1-14(2)6-11-19-21(54-38-32(50)29(47)26(44)22(13-40)55-38)12-20(41)23-27(45)35(33(56-34(19)23)17-7-9-18(51-5)10-8-17)57-39-36(30(48)25(43)16(4)53-39)58-37-31(49)28(46)24(42)15(3)52-37/h6-10,12,15-16,22,24-26,28-32,36-44,46-50H,11,13H2,1-5H3/t15?,16-,22+,24?,25-,26+,28?,29-,30+,31?,32+,36+,37?,38+,39-/m0/s1. The molecule has 3 aliphatic rings. The van der Waals surface area contributed by atoms with E-state index in [0.717, 1.165) is 11.6 Å². The molecule has 15 atom stereocenters. The van der Waals surface area contributed by atoms with Gasteiger partial charge in [-0.2, -0.15) is 0 Å². The van der Waals surface area contributed by atoms with E-state index in [1.54, 1.807) is 18.2 Å². The van der Waals surface area contributed by atoms with Gasteiger partial charge < -0.3 is 88.6 Å². The molecule has 10 N–H and O–H groups in total. The average molecular weight is 823 g/mol. The zero-order chi connectivity index (χ0) is 42.3. The lowest BCUT2D eigenvalue weighted by atomic mass is 9.98. The van der Waals surface area contributed by atoms with Gasteiger partial charge in [-0.1, -0.05) is 11.6 Å². The van der Waals surface area contributed by atoms with E-state index in [1.807, 2.05) is 13.8 Å². The minimum atomic E-state index is -1.83. The summed E-state index contributed by atoms with van der Waals surface area (Å²) in [6.07, 6.45) is -22.2. The minimum Gasteiger partial charge on any atom is -0.507 e. The van der Waals surface area contributed by atoms with Crippen LogP contribution in [0.5, 0.6) is 23.0 Å². The Morgan fingerprint density at radius 1 is 0.759 bits per heavy atom. The number of hydrogen-bond acceptors (Lipinski definition) is 19. The first kappa shape index (κ1) is 43.6. The van der Waals surface area contributed by atoms with Gasteiger partial charge in [-0.25, -0.2) is 0 Å². The van der Waals surface area contributed by atoms with Crippen molar-refractivity contribution in [1.82, 2.24) is 0 Å². The Morgan fingerprint density at radius 3 is 1.98 bits per heavy atom. The second-order valence-electron chi connectivity index (χ2n) is 14.8. The highest BCUT2D eigenvalue weighted by Crippen LogP contribution is 2.42. The predicted molar refractivity (Wildman–Crippen MR) is 198 cm³/mol. The SMILES string of the molecule is COc1ccc(-c2oc3c(CC=C(C)C)c(O[C@@H]4O[C@H](CO)[C@@H](O)[C@H](O)[C@H]4O)cc(O)c3c(=O)c2O[C@@H]2O[C@@H](C)[C@H](O)[C@@H](O)[C@H]2OC2OC(C)C(O)C(O)C2O)cc1. The molecule has 2 aromatic carbocycles. The van der Waals surface area contributed by atoms with Gasteiger partial charge in [0.1, 0.15) is 83.2 Å². The van der Waals surface area contributed by atoms with Crippen LogP contribution in [-0.2, 0) is 25.4 Å². The van der Waals surface area contributed by atoms with E-state index in [2.05, 4.69) is 0 Å². The molecule has 320 valence electrons. The molecule has 3 aromatic rings. The van der Waals surface area contributed by atoms with Crippen molar-refractivity contribution in [1.29, 1.82) is 0 Å². The van der Waals surface area contributed by atoms with E-state index in [1.165, 1.54) is 33.1 Å². The van der Waals surface area contributed by atoms with Crippen LogP contribution in [-0.4, -0.2) is 157 Å². The van der Waals surface area contributed by atoms with Gasteiger partial charge >= 0.3 is 0 Å². The maximum absolute atomic E-state index is 14.7. The second-order valence-corrected chi connectivity index (χ2v) is 14.8. The Kier molecular flexibility index (Phi) is 13.3. The molecule has 0 saturated carbocycles. The minimum absolute atomic E-state index is 0.0169. The van der Waals surface area contributed by atoms with Crippen molar-refractivity contribution in [2.75, 3.05) is 13.7 Å². The molecule has 0 amide bonds. The third-order valence-electron chi connectivity index (χ3n) is 10.4. The molecule has 0 radical (unpaired) electrons. The van der Waals surface area contributed by atoms with Gasteiger partial charge in [0.15, 0.2) is 18.2 Å². The molecule has 0 bridgehead atoms. The summed E-state index contributed by atoms with van der Waals surface area (Å²) < 4.78 is 46.9. The maximum atomic E-state index is 14.7. The van der Waals surface area contributed by atoms with Crippen LogP contribution in [0.25, 0.3) is 22.3 Å². The highest BCUT2D eigenvalue weighted by atomic mass is 16.8. The number of fused-ring (bicyclic) bond motifs is 1. The highest BCUT2D eigenvalue weighted by molar-refractivity contribution is 5.91. The zero-order valence-corrected chi connectivity index (χ0v) is 32.2. The van der Waals surface area contributed by atoms with Gasteiger partial charge in [-0.15, -0.1) is 0 Å². The first-order valence-electron chi connectivity index (χ1n) is 18.6. The number of aliphatic hydroxyl groups excluding tert-OH is 9. The number of methoxy groups -OCH3 is 1. The first-order chi connectivity index (χ1) is 27.5. The molecule has 3 aliphatic heterocycles. The summed E-state index contributed by atoms with van der Waals surface area (Å²) in [4.78, 5) is 14.7. The quantitative estimate of drug-likeness (QED) is 0.103. The molecule has 4 heterocycles. The van der Waals surface area contributed by atoms with E-state index < -0.39 is 121 Å². The summed E-state index contributed by atoms with van der Waals surface area (Å²) in [6, 6.07) is 7.27. The van der Waals surface area contributed by atoms with Crippen LogP contribution in [0.1, 0.15) is 33.3 Å². The van der Waals surface area contributed by atoms with Crippen molar-refractivity contribution in [3.63, 3.8) is 0 Å². The monoisotopic (exact) mass is 822 g/mol. The van der Waals surface area contributed by atoms with E-state index in [0.29, 0.717) is 5.75 Å². The Bertz CT molecular complexity index is 1980. The molecular weight excluding hydrogens is 772 g/mol. The third-order valence-corrected chi connectivity index (χ3v) is 10.4.